The molecule has 3 aliphatic rings. The molecule has 2 N–H and O–H groups in total. The van der Waals surface area contributed by atoms with E-state index < -0.39 is 11.6 Å². The lowest BCUT2D eigenvalue weighted by Crippen LogP contribution is -2.46. The van der Waals surface area contributed by atoms with Gasteiger partial charge in [-0.05, 0) is 25.7 Å². The highest BCUT2D eigenvalue weighted by molar-refractivity contribution is 6.09. The Balaban J connectivity index is 1.53. The third-order valence-corrected chi connectivity index (χ3v) is 4.56. The first-order valence-corrected chi connectivity index (χ1v) is 7.63. The van der Waals surface area contributed by atoms with Gasteiger partial charge in [-0.2, -0.15) is 0 Å². The molecule has 3 rings (SSSR count). The largest absolute Gasteiger partial charge is 0.376 e. The summed E-state index contributed by atoms with van der Waals surface area (Å²) in [6, 6.07) is -0.450. The normalized spacial score (nSPS) is 27.4. The van der Waals surface area contributed by atoms with E-state index in [1.54, 1.807) is 0 Å². The fourth-order valence-corrected chi connectivity index (χ4v) is 3.37. The second kappa shape index (κ2) is 5.63. The number of nitrogens with zero attached hydrogens (tertiary/aromatic N) is 1. The van der Waals surface area contributed by atoms with Crippen molar-refractivity contribution in [1.82, 2.24) is 15.5 Å². The Morgan fingerprint density at radius 1 is 1.33 bits per heavy atom. The molecule has 1 saturated carbocycles. The summed E-state index contributed by atoms with van der Waals surface area (Å²) in [5.41, 5.74) is -0.744. The average molecular weight is 295 g/mol. The molecule has 7 nitrogen and oxygen atoms in total. The monoisotopic (exact) mass is 295 g/mol. The van der Waals surface area contributed by atoms with Crippen LogP contribution >= 0.6 is 0 Å². The summed E-state index contributed by atoms with van der Waals surface area (Å²) in [5.74, 6) is -0.568. The lowest BCUT2D eigenvalue weighted by atomic mass is 9.98. The zero-order valence-electron chi connectivity index (χ0n) is 12.0. The van der Waals surface area contributed by atoms with E-state index in [-0.39, 0.29) is 24.5 Å². The molecule has 1 aliphatic carbocycles. The van der Waals surface area contributed by atoms with Crippen LogP contribution in [0.3, 0.4) is 0 Å². The van der Waals surface area contributed by atoms with E-state index in [1.807, 2.05) is 0 Å². The maximum Gasteiger partial charge on any atom is 0.325 e. The number of hydrogen-bond acceptors (Lipinski definition) is 4. The van der Waals surface area contributed by atoms with Crippen molar-refractivity contribution in [3.8, 4) is 0 Å². The zero-order valence-corrected chi connectivity index (χ0v) is 12.0. The molecule has 3 fully saturated rings. The third kappa shape index (κ3) is 2.74. The topological polar surface area (TPSA) is 87.7 Å². The van der Waals surface area contributed by atoms with E-state index in [2.05, 4.69) is 10.6 Å². The van der Waals surface area contributed by atoms with Gasteiger partial charge in [0.2, 0.25) is 5.91 Å². The third-order valence-electron chi connectivity index (χ3n) is 4.56. The van der Waals surface area contributed by atoms with Gasteiger partial charge in [0.25, 0.3) is 5.91 Å². The van der Waals surface area contributed by atoms with E-state index in [0.717, 1.165) is 37.2 Å². The summed E-state index contributed by atoms with van der Waals surface area (Å²) in [4.78, 5) is 37.3. The van der Waals surface area contributed by atoms with E-state index in [1.165, 1.54) is 0 Å². The van der Waals surface area contributed by atoms with E-state index >= 15 is 0 Å². The first-order chi connectivity index (χ1) is 10.1. The van der Waals surface area contributed by atoms with E-state index in [0.29, 0.717) is 19.4 Å². The number of carbonyl (C=O) groups is 3. The van der Waals surface area contributed by atoms with Crippen molar-refractivity contribution >= 4 is 17.8 Å². The van der Waals surface area contributed by atoms with Crippen molar-refractivity contribution in [3.05, 3.63) is 0 Å². The Bertz CT molecular complexity index is 453. The van der Waals surface area contributed by atoms with E-state index in [4.69, 9.17) is 4.74 Å². The van der Waals surface area contributed by atoms with Crippen LogP contribution < -0.4 is 10.6 Å². The Morgan fingerprint density at radius 3 is 2.76 bits per heavy atom. The minimum atomic E-state index is -0.744. The second-order valence-corrected chi connectivity index (χ2v) is 6.05. The first-order valence-electron chi connectivity index (χ1n) is 7.63. The minimum absolute atomic E-state index is 0.0539. The van der Waals surface area contributed by atoms with Gasteiger partial charge in [0.15, 0.2) is 0 Å². The van der Waals surface area contributed by atoms with Crippen molar-refractivity contribution in [2.24, 2.45) is 0 Å². The van der Waals surface area contributed by atoms with Gasteiger partial charge < -0.3 is 15.4 Å². The predicted molar refractivity (Wildman–Crippen MR) is 73.4 cm³/mol. The Hall–Kier alpha value is -1.63. The molecule has 0 aromatic rings. The van der Waals surface area contributed by atoms with Crippen LogP contribution in [0.1, 0.15) is 38.5 Å². The molecule has 0 bridgehead atoms. The van der Waals surface area contributed by atoms with Crippen LogP contribution in [-0.4, -0.2) is 54.1 Å². The highest BCUT2D eigenvalue weighted by atomic mass is 16.5. The van der Waals surface area contributed by atoms with Gasteiger partial charge >= 0.3 is 6.03 Å². The second-order valence-electron chi connectivity index (χ2n) is 6.05. The zero-order chi connectivity index (χ0) is 14.9. The first kappa shape index (κ1) is 14.3. The molecule has 2 aliphatic heterocycles. The number of hydrogen-bond donors (Lipinski definition) is 2. The van der Waals surface area contributed by atoms with Crippen molar-refractivity contribution < 1.29 is 19.1 Å². The molecule has 2 saturated heterocycles. The van der Waals surface area contributed by atoms with Gasteiger partial charge in [0.1, 0.15) is 12.1 Å². The smallest absolute Gasteiger partial charge is 0.325 e. The summed E-state index contributed by atoms with van der Waals surface area (Å²) in [6.45, 7) is 0.961. The number of urea groups is 1. The molecule has 0 radical (unpaired) electrons. The number of rotatable bonds is 4. The predicted octanol–water partition coefficient (Wildman–Crippen LogP) is 0.146. The number of amides is 4. The maximum atomic E-state index is 12.4. The summed E-state index contributed by atoms with van der Waals surface area (Å²) < 4.78 is 5.42. The van der Waals surface area contributed by atoms with Crippen LogP contribution in [0.25, 0.3) is 0 Å². The Kier molecular flexibility index (Phi) is 3.84. The van der Waals surface area contributed by atoms with Gasteiger partial charge in [-0.1, -0.05) is 12.8 Å². The number of ether oxygens (including phenoxy) is 1. The number of imide groups is 1. The molecule has 1 spiro atoms. The molecule has 4 amide bonds. The fraction of sp³-hybridized carbons (Fsp3) is 0.786. The van der Waals surface area contributed by atoms with Crippen LogP contribution in [-0.2, 0) is 14.3 Å². The lowest BCUT2D eigenvalue weighted by Gasteiger charge is -2.20. The molecule has 1 atom stereocenters. The average Bonchev–Trinajstić information content (AvgIpc) is 3.16. The van der Waals surface area contributed by atoms with Gasteiger partial charge in [0.05, 0.1) is 6.10 Å². The molecule has 0 unspecified atom stereocenters. The number of nitrogens with one attached hydrogen (secondary N) is 2. The van der Waals surface area contributed by atoms with Gasteiger partial charge in [-0.3, -0.25) is 14.5 Å². The highest BCUT2D eigenvalue weighted by Gasteiger charge is 2.52. The number of carbonyl (C=O) groups excluding carboxylic acids is 3. The van der Waals surface area contributed by atoms with Crippen LogP contribution in [0.2, 0.25) is 0 Å². The summed E-state index contributed by atoms with van der Waals surface area (Å²) >= 11 is 0. The lowest BCUT2D eigenvalue weighted by molar-refractivity contribution is -0.135. The summed E-state index contributed by atoms with van der Waals surface area (Å²) in [7, 11) is 0. The Morgan fingerprint density at radius 2 is 2.10 bits per heavy atom. The molecular weight excluding hydrogens is 274 g/mol. The fourth-order valence-electron chi connectivity index (χ4n) is 3.37. The SMILES string of the molecule is O=C(CN1C(=O)NC2(CCCC2)C1=O)NC[C@H]1CCCO1. The molecular formula is C14H21N3O4. The molecule has 7 heteroatoms. The maximum absolute atomic E-state index is 12.4. The van der Waals surface area contributed by atoms with Crippen molar-refractivity contribution in [2.75, 3.05) is 19.7 Å². The van der Waals surface area contributed by atoms with Crippen LogP contribution in [0.15, 0.2) is 0 Å². The molecule has 116 valence electrons. The Labute approximate surface area is 123 Å². The summed E-state index contributed by atoms with van der Waals surface area (Å²) in [6.07, 6.45) is 5.22. The molecule has 0 aromatic heterocycles. The van der Waals surface area contributed by atoms with Crippen LogP contribution in [0, 0.1) is 0 Å². The van der Waals surface area contributed by atoms with E-state index in [9.17, 15) is 14.4 Å². The quantitative estimate of drug-likeness (QED) is 0.723. The van der Waals surface area contributed by atoms with Crippen molar-refractivity contribution in [2.45, 2.75) is 50.2 Å². The highest BCUT2D eigenvalue weighted by Crippen LogP contribution is 2.34. The molecule has 2 heterocycles. The minimum Gasteiger partial charge on any atom is -0.376 e. The molecule has 0 aromatic carbocycles. The van der Waals surface area contributed by atoms with Crippen LogP contribution in [0.5, 0.6) is 0 Å². The standard InChI is InChI=1S/C14H21N3O4/c18-11(15-8-10-4-3-7-21-10)9-17-12(19)14(16-13(17)20)5-1-2-6-14/h10H,1-9H2,(H,15,18)(H,16,20)/t10-/m1/s1. The summed E-state index contributed by atoms with van der Waals surface area (Å²) in [5, 5.41) is 5.50. The molecule has 21 heavy (non-hydrogen) atoms. The van der Waals surface area contributed by atoms with Gasteiger partial charge in [-0.15, -0.1) is 0 Å². The van der Waals surface area contributed by atoms with Crippen LogP contribution in [0.4, 0.5) is 4.79 Å². The van der Waals surface area contributed by atoms with Crippen molar-refractivity contribution in [1.29, 1.82) is 0 Å². The van der Waals surface area contributed by atoms with Gasteiger partial charge in [0, 0.05) is 13.2 Å². The van der Waals surface area contributed by atoms with Crippen molar-refractivity contribution in [3.63, 3.8) is 0 Å². The van der Waals surface area contributed by atoms with Gasteiger partial charge in [-0.25, -0.2) is 4.79 Å².